The third kappa shape index (κ3) is 4.21. The molecule has 2 saturated carbocycles. The number of carbonyl (C=O) groups is 1. The first-order valence-corrected chi connectivity index (χ1v) is 9.00. The fourth-order valence-corrected chi connectivity index (χ4v) is 4.19. The van der Waals surface area contributed by atoms with Crippen LogP contribution >= 0.6 is 12.4 Å². The molecule has 0 radical (unpaired) electrons. The minimum Gasteiger partial charge on any atom is -0.378 e. The van der Waals surface area contributed by atoms with Crippen LogP contribution in [0.3, 0.4) is 0 Å². The Kier molecular flexibility index (Phi) is 7.36. The molecule has 2 fully saturated rings. The van der Waals surface area contributed by atoms with E-state index in [-0.39, 0.29) is 29.8 Å². The Morgan fingerprint density at radius 2 is 2.04 bits per heavy atom. The molecule has 4 atom stereocenters. The van der Waals surface area contributed by atoms with Crippen LogP contribution in [0.4, 0.5) is 0 Å². The molecule has 0 spiro atoms. The lowest BCUT2D eigenvalue weighted by molar-refractivity contribution is -0.170. The zero-order valence-corrected chi connectivity index (χ0v) is 16.0. The molecule has 0 aromatic rings. The molecule has 2 rings (SSSR count). The minimum atomic E-state index is -0.785. The molecular weight excluding hydrogens is 312 g/mol. The van der Waals surface area contributed by atoms with E-state index in [2.05, 4.69) is 12.2 Å². The van der Waals surface area contributed by atoms with Crippen molar-refractivity contribution in [3.05, 3.63) is 0 Å². The van der Waals surface area contributed by atoms with E-state index in [0.717, 1.165) is 24.8 Å². The summed E-state index contributed by atoms with van der Waals surface area (Å²) >= 11 is 0. The molecule has 0 aromatic heterocycles. The van der Waals surface area contributed by atoms with Gasteiger partial charge >= 0.3 is 0 Å². The standard InChI is InChI=1S/C18H34N2O2.ClH/c1-5-22-15-12-18(19,17(15,3)4)16(21)20-10-9-14-8-6-7-13(2)11-14;/h13-15H,5-12,19H2,1-4H3,(H,20,21);1H. The lowest BCUT2D eigenvalue weighted by Gasteiger charge is -2.57. The molecule has 4 nitrogen and oxygen atoms in total. The van der Waals surface area contributed by atoms with Crippen LogP contribution in [0.5, 0.6) is 0 Å². The van der Waals surface area contributed by atoms with Gasteiger partial charge in [0.1, 0.15) is 5.54 Å². The van der Waals surface area contributed by atoms with Crippen LogP contribution < -0.4 is 11.1 Å². The maximum Gasteiger partial charge on any atom is 0.240 e. The van der Waals surface area contributed by atoms with Crippen LogP contribution in [0, 0.1) is 17.3 Å². The number of halogens is 1. The summed E-state index contributed by atoms with van der Waals surface area (Å²) in [4.78, 5) is 12.5. The van der Waals surface area contributed by atoms with Crippen LogP contribution in [0.1, 0.15) is 66.2 Å². The molecule has 4 unspecified atom stereocenters. The summed E-state index contributed by atoms with van der Waals surface area (Å²) in [5.41, 5.74) is 5.31. The van der Waals surface area contributed by atoms with Crippen molar-refractivity contribution in [2.24, 2.45) is 23.0 Å². The van der Waals surface area contributed by atoms with E-state index in [1.54, 1.807) is 0 Å². The van der Waals surface area contributed by atoms with E-state index in [1.807, 2.05) is 20.8 Å². The molecule has 0 saturated heterocycles. The molecule has 3 N–H and O–H groups in total. The van der Waals surface area contributed by atoms with Crippen molar-refractivity contribution < 1.29 is 9.53 Å². The highest BCUT2D eigenvalue weighted by Gasteiger charge is 2.62. The maximum atomic E-state index is 12.5. The topological polar surface area (TPSA) is 64.3 Å². The van der Waals surface area contributed by atoms with Gasteiger partial charge < -0.3 is 15.8 Å². The molecule has 0 bridgehead atoms. The Morgan fingerprint density at radius 1 is 1.35 bits per heavy atom. The monoisotopic (exact) mass is 346 g/mol. The molecule has 5 heteroatoms. The van der Waals surface area contributed by atoms with Gasteiger partial charge in [0.15, 0.2) is 0 Å². The van der Waals surface area contributed by atoms with Crippen molar-refractivity contribution >= 4 is 18.3 Å². The van der Waals surface area contributed by atoms with Gasteiger partial charge in [-0.3, -0.25) is 4.79 Å². The molecule has 23 heavy (non-hydrogen) atoms. The van der Waals surface area contributed by atoms with E-state index < -0.39 is 5.54 Å². The quantitative estimate of drug-likeness (QED) is 0.775. The number of amides is 1. The van der Waals surface area contributed by atoms with Gasteiger partial charge in [-0.05, 0) is 31.6 Å². The van der Waals surface area contributed by atoms with Crippen molar-refractivity contribution in [1.82, 2.24) is 5.32 Å². The molecule has 1 amide bonds. The predicted octanol–water partition coefficient (Wildman–Crippen LogP) is 3.27. The number of ether oxygens (including phenoxy) is 1. The summed E-state index contributed by atoms with van der Waals surface area (Å²) in [7, 11) is 0. The summed E-state index contributed by atoms with van der Waals surface area (Å²) in [5, 5.41) is 3.09. The summed E-state index contributed by atoms with van der Waals surface area (Å²) < 4.78 is 5.69. The molecule has 0 aromatic carbocycles. The number of hydrogen-bond acceptors (Lipinski definition) is 3. The van der Waals surface area contributed by atoms with E-state index in [1.165, 1.54) is 25.7 Å². The lowest BCUT2D eigenvalue weighted by atomic mass is 9.54. The van der Waals surface area contributed by atoms with Crippen LogP contribution in [-0.4, -0.2) is 30.7 Å². The lowest BCUT2D eigenvalue weighted by Crippen LogP contribution is -2.75. The zero-order valence-electron chi connectivity index (χ0n) is 15.2. The Hall–Kier alpha value is -0.320. The first-order valence-electron chi connectivity index (χ1n) is 9.00. The van der Waals surface area contributed by atoms with Gasteiger partial charge in [-0.2, -0.15) is 0 Å². The molecule has 2 aliphatic carbocycles. The van der Waals surface area contributed by atoms with Crippen LogP contribution in [0.25, 0.3) is 0 Å². The zero-order chi connectivity index (χ0) is 16.4. The summed E-state index contributed by atoms with van der Waals surface area (Å²) in [6, 6.07) is 0. The highest BCUT2D eigenvalue weighted by Crippen LogP contribution is 2.49. The highest BCUT2D eigenvalue weighted by molar-refractivity contribution is 5.88. The van der Waals surface area contributed by atoms with Crippen molar-refractivity contribution in [2.75, 3.05) is 13.2 Å². The second kappa shape index (κ2) is 8.17. The van der Waals surface area contributed by atoms with Gasteiger partial charge in [0, 0.05) is 25.0 Å². The molecule has 2 aliphatic rings. The highest BCUT2D eigenvalue weighted by atomic mass is 35.5. The second-order valence-electron chi connectivity index (χ2n) is 8.02. The van der Waals surface area contributed by atoms with E-state index in [0.29, 0.717) is 13.0 Å². The fourth-order valence-electron chi connectivity index (χ4n) is 4.19. The number of nitrogens with two attached hydrogens (primary N) is 1. The summed E-state index contributed by atoms with van der Waals surface area (Å²) in [6.45, 7) is 9.83. The third-order valence-electron chi connectivity index (χ3n) is 6.12. The number of rotatable bonds is 6. The molecule has 136 valence electrons. The average Bonchev–Trinajstić information content (AvgIpc) is 2.46. The average molecular weight is 347 g/mol. The third-order valence-corrected chi connectivity index (χ3v) is 6.12. The van der Waals surface area contributed by atoms with Crippen LogP contribution in [0.2, 0.25) is 0 Å². The number of carbonyl (C=O) groups excluding carboxylic acids is 1. The fraction of sp³-hybridized carbons (Fsp3) is 0.944. The van der Waals surface area contributed by atoms with Crippen molar-refractivity contribution in [2.45, 2.75) is 77.9 Å². The van der Waals surface area contributed by atoms with Gasteiger partial charge in [0.25, 0.3) is 0 Å². The molecular formula is C18H35ClN2O2. The van der Waals surface area contributed by atoms with Crippen molar-refractivity contribution in [3.8, 4) is 0 Å². The number of hydrogen-bond donors (Lipinski definition) is 2. The minimum absolute atomic E-state index is 0. The molecule has 0 heterocycles. The van der Waals surface area contributed by atoms with Gasteiger partial charge in [-0.15, -0.1) is 12.4 Å². The Labute approximate surface area is 147 Å². The first kappa shape index (κ1) is 20.7. The van der Waals surface area contributed by atoms with E-state index >= 15 is 0 Å². The Bertz CT molecular complexity index is 402. The van der Waals surface area contributed by atoms with Gasteiger partial charge in [0.05, 0.1) is 6.10 Å². The molecule has 0 aliphatic heterocycles. The Balaban J connectivity index is 0.00000264. The predicted molar refractivity (Wildman–Crippen MR) is 96.7 cm³/mol. The van der Waals surface area contributed by atoms with E-state index in [4.69, 9.17) is 10.5 Å². The first-order chi connectivity index (χ1) is 10.3. The van der Waals surface area contributed by atoms with Crippen LogP contribution in [0.15, 0.2) is 0 Å². The maximum absolute atomic E-state index is 12.5. The second-order valence-corrected chi connectivity index (χ2v) is 8.02. The van der Waals surface area contributed by atoms with Gasteiger partial charge in [-0.1, -0.05) is 40.0 Å². The number of nitrogens with one attached hydrogen (secondary N) is 1. The van der Waals surface area contributed by atoms with Gasteiger partial charge in [-0.25, -0.2) is 0 Å². The van der Waals surface area contributed by atoms with Crippen LogP contribution in [-0.2, 0) is 9.53 Å². The smallest absolute Gasteiger partial charge is 0.240 e. The Morgan fingerprint density at radius 3 is 2.61 bits per heavy atom. The SMILES string of the molecule is CCOC1CC(N)(C(=O)NCCC2CCCC(C)C2)C1(C)C.Cl. The van der Waals surface area contributed by atoms with Gasteiger partial charge in [0.2, 0.25) is 5.91 Å². The summed E-state index contributed by atoms with van der Waals surface area (Å²) in [6.07, 6.45) is 7.12. The summed E-state index contributed by atoms with van der Waals surface area (Å²) in [5.74, 6) is 1.61. The van der Waals surface area contributed by atoms with Crippen molar-refractivity contribution in [3.63, 3.8) is 0 Å². The van der Waals surface area contributed by atoms with Crippen molar-refractivity contribution in [1.29, 1.82) is 0 Å². The van der Waals surface area contributed by atoms with E-state index in [9.17, 15) is 4.79 Å². The normalized spacial score (nSPS) is 35.8. The largest absolute Gasteiger partial charge is 0.378 e.